The molecule has 2 aliphatic rings. The Morgan fingerprint density at radius 1 is 1.26 bits per heavy atom. The van der Waals surface area contributed by atoms with Crippen molar-refractivity contribution in [2.24, 2.45) is 0 Å². The summed E-state index contributed by atoms with van der Waals surface area (Å²) in [5, 5.41) is 5.76. The van der Waals surface area contributed by atoms with E-state index >= 15 is 0 Å². The molecule has 1 aromatic heterocycles. The van der Waals surface area contributed by atoms with Gasteiger partial charge in [0.15, 0.2) is 0 Å². The van der Waals surface area contributed by atoms with Gasteiger partial charge in [-0.2, -0.15) is 0 Å². The van der Waals surface area contributed by atoms with Crippen molar-refractivity contribution in [3.05, 3.63) is 21.9 Å². The van der Waals surface area contributed by atoms with Crippen LogP contribution < -0.4 is 5.32 Å². The molecule has 106 valence electrons. The largest absolute Gasteiger partial charge is 0.311 e. The van der Waals surface area contributed by atoms with Gasteiger partial charge in [0.2, 0.25) is 0 Å². The summed E-state index contributed by atoms with van der Waals surface area (Å²) < 4.78 is 0. The van der Waals surface area contributed by atoms with E-state index in [4.69, 9.17) is 0 Å². The molecule has 1 aromatic rings. The maximum absolute atomic E-state index is 3.58. The summed E-state index contributed by atoms with van der Waals surface area (Å²) in [5.74, 6) is 0. The van der Waals surface area contributed by atoms with Crippen LogP contribution in [-0.2, 0) is 6.54 Å². The highest BCUT2D eigenvalue weighted by molar-refractivity contribution is 7.10. The molecule has 1 saturated heterocycles. The Morgan fingerprint density at radius 3 is 2.68 bits per heavy atom. The first-order valence-corrected chi connectivity index (χ1v) is 8.41. The molecule has 1 aliphatic heterocycles. The molecule has 3 nitrogen and oxygen atoms in total. The molecule has 0 unspecified atom stereocenters. The summed E-state index contributed by atoms with van der Waals surface area (Å²) in [6.07, 6.45) is 2.89. The Morgan fingerprint density at radius 2 is 2.05 bits per heavy atom. The molecule has 2 fully saturated rings. The molecular weight excluding hydrogens is 254 g/mol. The quantitative estimate of drug-likeness (QED) is 0.803. The van der Waals surface area contributed by atoms with Crippen LogP contribution >= 0.6 is 11.3 Å². The van der Waals surface area contributed by atoms with Crippen LogP contribution in [0.25, 0.3) is 0 Å². The van der Waals surface area contributed by atoms with Crippen molar-refractivity contribution < 1.29 is 0 Å². The Balaban J connectivity index is 1.29. The zero-order valence-corrected chi connectivity index (χ0v) is 12.7. The van der Waals surface area contributed by atoms with Crippen LogP contribution in [0.15, 0.2) is 11.4 Å². The van der Waals surface area contributed by atoms with Gasteiger partial charge in [0.05, 0.1) is 0 Å². The van der Waals surface area contributed by atoms with Gasteiger partial charge in [-0.3, -0.25) is 9.80 Å². The maximum atomic E-state index is 3.58. The second-order valence-corrected chi connectivity index (χ2v) is 6.81. The van der Waals surface area contributed by atoms with Crippen molar-refractivity contribution in [3.63, 3.8) is 0 Å². The first-order valence-electron chi connectivity index (χ1n) is 7.53. The van der Waals surface area contributed by atoms with Crippen molar-refractivity contribution in [2.45, 2.75) is 32.4 Å². The lowest BCUT2D eigenvalue weighted by Crippen LogP contribution is -2.48. The van der Waals surface area contributed by atoms with E-state index < -0.39 is 0 Å². The van der Waals surface area contributed by atoms with Crippen molar-refractivity contribution >= 4 is 11.3 Å². The lowest BCUT2D eigenvalue weighted by Gasteiger charge is -2.34. The molecule has 0 radical (unpaired) electrons. The van der Waals surface area contributed by atoms with Gasteiger partial charge >= 0.3 is 0 Å². The Labute approximate surface area is 120 Å². The molecule has 1 saturated carbocycles. The van der Waals surface area contributed by atoms with Gasteiger partial charge in [-0.25, -0.2) is 0 Å². The van der Waals surface area contributed by atoms with E-state index in [1.54, 1.807) is 0 Å². The summed E-state index contributed by atoms with van der Waals surface area (Å²) >= 11 is 1.86. The minimum absolute atomic E-state index is 0.946. The van der Waals surface area contributed by atoms with Crippen molar-refractivity contribution in [2.75, 3.05) is 39.3 Å². The third-order valence-corrected chi connectivity index (χ3v) is 5.35. The Kier molecular flexibility index (Phi) is 4.53. The van der Waals surface area contributed by atoms with Crippen LogP contribution in [0.2, 0.25) is 0 Å². The molecule has 0 aromatic carbocycles. The zero-order valence-electron chi connectivity index (χ0n) is 11.9. The molecule has 0 amide bonds. The van der Waals surface area contributed by atoms with E-state index in [0.29, 0.717) is 0 Å². The van der Waals surface area contributed by atoms with Crippen LogP contribution in [0, 0.1) is 6.92 Å². The first-order chi connectivity index (χ1) is 9.33. The van der Waals surface area contributed by atoms with E-state index in [0.717, 1.165) is 19.1 Å². The number of piperazine rings is 1. The van der Waals surface area contributed by atoms with Gasteiger partial charge < -0.3 is 5.32 Å². The second kappa shape index (κ2) is 6.35. The van der Waals surface area contributed by atoms with Gasteiger partial charge in [-0.05, 0) is 36.8 Å². The molecule has 19 heavy (non-hydrogen) atoms. The molecule has 2 heterocycles. The lowest BCUT2D eigenvalue weighted by atomic mass is 10.3. The van der Waals surface area contributed by atoms with Crippen LogP contribution in [0.3, 0.4) is 0 Å². The molecule has 4 heteroatoms. The van der Waals surface area contributed by atoms with Gasteiger partial charge in [-0.1, -0.05) is 0 Å². The van der Waals surface area contributed by atoms with Crippen molar-refractivity contribution in [1.82, 2.24) is 15.1 Å². The summed E-state index contributed by atoms with van der Waals surface area (Å²) in [5.41, 5.74) is 1.43. The highest BCUT2D eigenvalue weighted by Gasteiger charge is 2.30. The summed E-state index contributed by atoms with van der Waals surface area (Å²) in [6.45, 7) is 10.6. The third kappa shape index (κ3) is 3.78. The van der Waals surface area contributed by atoms with E-state index in [9.17, 15) is 0 Å². The highest BCUT2D eigenvalue weighted by Crippen LogP contribution is 2.27. The molecule has 0 spiro atoms. The average molecular weight is 279 g/mol. The normalized spacial score (nSPS) is 21.9. The lowest BCUT2D eigenvalue weighted by molar-refractivity contribution is 0.127. The summed E-state index contributed by atoms with van der Waals surface area (Å²) in [6, 6.07) is 3.15. The number of rotatable bonds is 6. The molecule has 1 N–H and O–H groups in total. The number of aryl methyl sites for hydroxylation is 1. The van der Waals surface area contributed by atoms with Crippen LogP contribution in [0.1, 0.15) is 23.3 Å². The van der Waals surface area contributed by atoms with Crippen molar-refractivity contribution in [1.29, 1.82) is 0 Å². The van der Waals surface area contributed by atoms with Gasteiger partial charge in [0.1, 0.15) is 0 Å². The second-order valence-electron chi connectivity index (χ2n) is 5.81. The summed E-state index contributed by atoms with van der Waals surface area (Å²) in [4.78, 5) is 6.77. The smallest absolute Gasteiger partial charge is 0.0302 e. The molecule has 0 atom stereocenters. The van der Waals surface area contributed by atoms with Crippen LogP contribution in [-0.4, -0.2) is 55.1 Å². The molecule has 0 bridgehead atoms. The fourth-order valence-electron chi connectivity index (χ4n) is 2.82. The fourth-order valence-corrected chi connectivity index (χ4v) is 3.69. The van der Waals surface area contributed by atoms with Gasteiger partial charge in [-0.15, -0.1) is 11.3 Å². The highest BCUT2D eigenvalue weighted by atomic mass is 32.1. The van der Waals surface area contributed by atoms with Gasteiger partial charge in [0, 0.05) is 56.7 Å². The van der Waals surface area contributed by atoms with E-state index in [-0.39, 0.29) is 0 Å². The standard InChI is InChI=1S/C15H25N3S/c1-13-4-11-19-15(13)12-16-5-6-17-7-9-18(10-8-17)14-2-3-14/h4,11,14,16H,2-3,5-10,12H2,1H3. The van der Waals surface area contributed by atoms with E-state index in [2.05, 4.69) is 33.5 Å². The minimum atomic E-state index is 0.946. The molecule has 3 rings (SSSR count). The molecular formula is C15H25N3S. The maximum Gasteiger partial charge on any atom is 0.0302 e. The van der Waals surface area contributed by atoms with Crippen molar-refractivity contribution in [3.8, 4) is 0 Å². The van der Waals surface area contributed by atoms with Crippen LogP contribution in [0.4, 0.5) is 0 Å². The average Bonchev–Trinajstić information content (AvgIpc) is 3.20. The topological polar surface area (TPSA) is 18.5 Å². The molecule has 1 aliphatic carbocycles. The van der Waals surface area contributed by atoms with E-state index in [1.165, 1.54) is 56.0 Å². The fraction of sp³-hybridized carbons (Fsp3) is 0.733. The predicted octanol–water partition coefficient (Wildman–Crippen LogP) is 1.93. The number of nitrogens with one attached hydrogen (secondary N) is 1. The number of nitrogens with zero attached hydrogens (tertiary/aromatic N) is 2. The van der Waals surface area contributed by atoms with E-state index in [1.807, 2.05) is 11.3 Å². The third-order valence-electron chi connectivity index (χ3n) is 4.33. The minimum Gasteiger partial charge on any atom is -0.311 e. The summed E-state index contributed by atoms with van der Waals surface area (Å²) in [7, 11) is 0. The van der Waals surface area contributed by atoms with Crippen LogP contribution in [0.5, 0.6) is 0 Å². The Bertz CT molecular complexity index is 392. The SMILES string of the molecule is Cc1ccsc1CNCCN1CCN(C2CC2)CC1. The predicted molar refractivity (Wildman–Crippen MR) is 81.8 cm³/mol. The first kappa shape index (κ1) is 13.6. The number of thiophene rings is 1. The monoisotopic (exact) mass is 279 g/mol. The zero-order chi connectivity index (χ0) is 13.1. The van der Waals surface area contributed by atoms with Gasteiger partial charge in [0.25, 0.3) is 0 Å². The Hall–Kier alpha value is -0.420. The number of hydrogen-bond donors (Lipinski definition) is 1. The number of hydrogen-bond acceptors (Lipinski definition) is 4.